The minimum atomic E-state index is -0.399. The summed E-state index contributed by atoms with van der Waals surface area (Å²) in [7, 11) is 0. The van der Waals surface area contributed by atoms with Crippen LogP contribution >= 0.6 is 0 Å². The molecular formula is C26H35N3O6. The molecule has 4 aliphatic rings. The lowest BCUT2D eigenvalue weighted by molar-refractivity contribution is -0.384. The number of rotatable bonds is 6. The fourth-order valence-corrected chi connectivity index (χ4v) is 5.83. The maximum Gasteiger partial charge on any atom is 0.410 e. The molecule has 190 valence electrons. The zero-order chi connectivity index (χ0) is 24.8. The Kier molecular flexibility index (Phi) is 6.25. The van der Waals surface area contributed by atoms with Crippen molar-refractivity contribution >= 4 is 17.5 Å². The molecule has 1 aromatic rings. The van der Waals surface area contributed by atoms with Gasteiger partial charge in [-0.15, -0.1) is 0 Å². The molecule has 1 amide bonds. The SMILES string of the molecule is CC(C)=CC[C@H]1O[C@]1(C)[C@H]1C[C@H](OC(=O)N2CCN(c3ccc([N+](=O)[O-])cc3)CC2)CC[C@]12CO2. The number of nitro benzene ring substituents is 1. The van der Waals surface area contributed by atoms with Crippen LogP contribution in [0.15, 0.2) is 35.9 Å². The van der Waals surface area contributed by atoms with Crippen LogP contribution in [0.2, 0.25) is 0 Å². The van der Waals surface area contributed by atoms with Crippen molar-refractivity contribution in [3.8, 4) is 0 Å². The highest BCUT2D eigenvalue weighted by Gasteiger charge is 2.68. The van der Waals surface area contributed by atoms with Crippen molar-refractivity contribution in [2.75, 3.05) is 37.7 Å². The summed E-state index contributed by atoms with van der Waals surface area (Å²) in [4.78, 5) is 27.3. The predicted molar refractivity (Wildman–Crippen MR) is 131 cm³/mol. The van der Waals surface area contributed by atoms with Crippen molar-refractivity contribution in [2.45, 2.75) is 69.9 Å². The number of hydrogen-bond donors (Lipinski definition) is 0. The van der Waals surface area contributed by atoms with Crippen LogP contribution in [0.5, 0.6) is 0 Å². The van der Waals surface area contributed by atoms with Gasteiger partial charge >= 0.3 is 6.09 Å². The standard InChI is InChI=1S/C26H35N3O6/c1-18(2)4-9-23-25(3,35-23)22-16-21(10-11-26(22)17-33-26)34-24(30)28-14-12-27(13-15-28)19-5-7-20(8-6-19)29(31)32/h4-8,21-23H,9-17H2,1-3H3/t21-,22-,23-,25-,26+/m1/s1. The van der Waals surface area contributed by atoms with E-state index in [-0.39, 0.29) is 41.1 Å². The Hall–Kier alpha value is -2.65. The maximum atomic E-state index is 13.0. The van der Waals surface area contributed by atoms with E-state index in [1.54, 1.807) is 17.0 Å². The van der Waals surface area contributed by atoms with E-state index in [1.807, 2.05) is 0 Å². The molecule has 1 spiro atoms. The highest BCUT2D eigenvalue weighted by Crippen LogP contribution is 2.59. The largest absolute Gasteiger partial charge is 0.446 e. The fraction of sp³-hybridized carbons (Fsp3) is 0.654. The third kappa shape index (κ3) is 4.89. The summed E-state index contributed by atoms with van der Waals surface area (Å²) in [5, 5.41) is 10.9. The van der Waals surface area contributed by atoms with Crippen molar-refractivity contribution in [2.24, 2.45) is 5.92 Å². The number of allylic oxidation sites excluding steroid dienone is 1. The third-order valence-electron chi connectivity index (χ3n) is 8.18. The number of epoxide rings is 2. The highest BCUT2D eigenvalue weighted by molar-refractivity contribution is 5.68. The van der Waals surface area contributed by atoms with E-state index in [4.69, 9.17) is 14.2 Å². The third-order valence-corrected chi connectivity index (χ3v) is 8.18. The number of carbonyl (C=O) groups excluding carboxylic acids is 1. The lowest BCUT2D eigenvalue weighted by Crippen LogP contribution is -2.50. The number of hydrogen-bond acceptors (Lipinski definition) is 7. The van der Waals surface area contributed by atoms with Crippen molar-refractivity contribution in [1.82, 2.24) is 4.90 Å². The molecule has 1 aromatic carbocycles. The lowest BCUT2D eigenvalue weighted by Gasteiger charge is -2.39. The van der Waals surface area contributed by atoms with E-state index >= 15 is 0 Å². The molecule has 5 atom stereocenters. The minimum Gasteiger partial charge on any atom is -0.446 e. The van der Waals surface area contributed by atoms with Gasteiger partial charge in [0, 0.05) is 49.9 Å². The average Bonchev–Trinajstić information content (AvgIpc) is 3.76. The van der Waals surface area contributed by atoms with Crippen LogP contribution in [0.3, 0.4) is 0 Å². The minimum absolute atomic E-state index is 0.0776. The van der Waals surface area contributed by atoms with Gasteiger partial charge in [0.05, 0.1) is 28.8 Å². The first-order valence-electron chi connectivity index (χ1n) is 12.6. The summed E-state index contributed by atoms with van der Waals surface area (Å²) < 4.78 is 18.1. The molecule has 5 rings (SSSR count). The predicted octanol–water partition coefficient (Wildman–Crippen LogP) is 4.30. The molecule has 3 heterocycles. The first-order valence-corrected chi connectivity index (χ1v) is 12.6. The van der Waals surface area contributed by atoms with Crippen LogP contribution in [0.4, 0.5) is 16.2 Å². The van der Waals surface area contributed by atoms with Gasteiger partial charge in [-0.05, 0) is 58.6 Å². The Morgan fingerprint density at radius 3 is 2.51 bits per heavy atom. The van der Waals surface area contributed by atoms with Crippen molar-refractivity contribution in [1.29, 1.82) is 0 Å². The molecule has 3 aliphatic heterocycles. The number of nitrogens with zero attached hydrogens (tertiary/aromatic N) is 3. The molecule has 3 saturated heterocycles. The Morgan fingerprint density at radius 2 is 1.91 bits per heavy atom. The van der Waals surface area contributed by atoms with Crippen LogP contribution in [-0.2, 0) is 14.2 Å². The van der Waals surface area contributed by atoms with E-state index in [1.165, 1.54) is 17.7 Å². The second-order valence-corrected chi connectivity index (χ2v) is 10.7. The summed E-state index contributed by atoms with van der Waals surface area (Å²) in [6.07, 6.45) is 5.45. The molecule has 4 fully saturated rings. The first-order chi connectivity index (χ1) is 16.7. The van der Waals surface area contributed by atoms with Crippen LogP contribution in [0.25, 0.3) is 0 Å². The number of benzene rings is 1. The Morgan fingerprint density at radius 1 is 1.23 bits per heavy atom. The van der Waals surface area contributed by atoms with Gasteiger partial charge < -0.3 is 24.0 Å². The summed E-state index contributed by atoms with van der Waals surface area (Å²) in [6, 6.07) is 6.55. The van der Waals surface area contributed by atoms with E-state index in [0.717, 1.165) is 38.0 Å². The number of piperazine rings is 1. The number of amides is 1. The number of nitro groups is 1. The first kappa shape index (κ1) is 24.1. The summed E-state index contributed by atoms with van der Waals surface area (Å²) in [6.45, 7) is 9.61. The van der Waals surface area contributed by atoms with Gasteiger partial charge in [0.25, 0.3) is 5.69 Å². The van der Waals surface area contributed by atoms with E-state index in [0.29, 0.717) is 26.2 Å². The number of anilines is 1. The highest BCUT2D eigenvalue weighted by atomic mass is 16.6. The molecule has 1 saturated carbocycles. The van der Waals surface area contributed by atoms with Crippen LogP contribution in [-0.4, -0.2) is 72.1 Å². The smallest absolute Gasteiger partial charge is 0.410 e. The van der Waals surface area contributed by atoms with Crippen molar-refractivity contribution < 1.29 is 23.9 Å². The van der Waals surface area contributed by atoms with Gasteiger partial charge in [0.15, 0.2) is 0 Å². The molecule has 0 aromatic heterocycles. The molecule has 9 heteroatoms. The molecule has 0 unspecified atom stereocenters. The van der Waals surface area contributed by atoms with Gasteiger partial charge in [-0.25, -0.2) is 4.79 Å². The van der Waals surface area contributed by atoms with Gasteiger partial charge in [-0.2, -0.15) is 0 Å². The van der Waals surface area contributed by atoms with Gasteiger partial charge in [0.1, 0.15) is 6.10 Å². The quantitative estimate of drug-likeness (QED) is 0.256. The molecule has 35 heavy (non-hydrogen) atoms. The number of ether oxygens (including phenoxy) is 3. The summed E-state index contributed by atoms with van der Waals surface area (Å²) in [5.74, 6) is 0.232. The van der Waals surface area contributed by atoms with E-state index in [9.17, 15) is 14.9 Å². The number of non-ortho nitro benzene ring substituents is 1. The fourth-order valence-electron chi connectivity index (χ4n) is 5.83. The van der Waals surface area contributed by atoms with Crippen LogP contribution < -0.4 is 4.90 Å². The molecule has 9 nitrogen and oxygen atoms in total. The number of carbonyl (C=O) groups is 1. The van der Waals surface area contributed by atoms with Gasteiger partial charge in [-0.3, -0.25) is 10.1 Å². The monoisotopic (exact) mass is 485 g/mol. The Balaban J connectivity index is 1.14. The van der Waals surface area contributed by atoms with Crippen molar-refractivity contribution in [3.63, 3.8) is 0 Å². The molecule has 0 radical (unpaired) electrons. The lowest BCUT2D eigenvalue weighted by atomic mass is 9.70. The Bertz CT molecular complexity index is 995. The van der Waals surface area contributed by atoms with E-state index < -0.39 is 4.92 Å². The van der Waals surface area contributed by atoms with Crippen molar-refractivity contribution in [3.05, 3.63) is 46.0 Å². The molecule has 0 bridgehead atoms. The van der Waals surface area contributed by atoms with Gasteiger partial charge in [-0.1, -0.05) is 11.6 Å². The zero-order valence-corrected chi connectivity index (χ0v) is 20.8. The normalized spacial score (nSPS) is 33.9. The summed E-state index contributed by atoms with van der Waals surface area (Å²) in [5.41, 5.74) is 1.98. The molecule has 1 aliphatic carbocycles. The molecule has 0 N–H and O–H groups in total. The second-order valence-electron chi connectivity index (χ2n) is 10.7. The average molecular weight is 486 g/mol. The maximum absolute atomic E-state index is 13.0. The van der Waals surface area contributed by atoms with Crippen LogP contribution in [0, 0.1) is 16.0 Å². The van der Waals surface area contributed by atoms with E-state index in [2.05, 4.69) is 31.7 Å². The van der Waals surface area contributed by atoms with Crippen LogP contribution in [0.1, 0.15) is 46.5 Å². The summed E-state index contributed by atoms with van der Waals surface area (Å²) >= 11 is 0. The van der Waals surface area contributed by atoms with Gasteiger partial charge in [0.2, 0.25) is 0 Å². The zero-order valence-electron chi connectivity index (χ0n) is 20.8. The topological polar surface area (TPSA) is 101 Å². The second kappa shape index (κ2) is 9.09. The molecular weight excluding hydrogens is 450 g/mol. The Labute approximate surface area is 206 Å².